The van der Waals surface area contributed by atoms with Crippen molar-refractivity contribution in [1.29, 1.82) is 0 Å². The number of aromatic nitrogens is 3. The molecular weight excluding hydrogens is 330 g/mol. The van der Waals surface area contributed by atoms with E-state index >= 15 is 0 Å². The van der Waals surface area contributed by atoms with Gasteiger partial charge in [-0.05, 0) is 29.8 Å². The molecule has 1 aliphatic rings. The SMILES string of the molecule is CC1(C)c2ccccc2-n2cc3c4ccccc4n(-c4ccccn4)c3c21. The fourth-order valence-electron chi connectivity index (χ4n) is 4.79. The van der Waals surface area contributed by atoms with Crippen LogP contribution in [0, 0.1) is 0 Å². The molecule has 3 nitrogen and oxygen atoms in total. The summed E-state index contributed by atoms with van der Waals surface area (Å²) in [6, 6.07) is 23.5. The first kappa shape index (κ1) is 14.8. The van der Waals surface area contributed by atoms with Crippen LogP contribution in [0.25, 0.3) is 33.3 Å². The molecule has 0 saturated carbocycles. The Kier molecular flexibility index (Phi) is 2.68. The second-order valence-corrected chi connectivity index (χ2v) is 7.79. The van der Waals surface area contributed by atoms with E-state index in [0.717, 1.165) is 5.82 Å². The van der Waals surface area contributed by atoms with Crippen molar-refractivity contribution >= 4 is 21.8 Å². The predicted octanol–water partition coefficient (Wildman–Crippen LogP) is 5.61. The Balaban J connectivity index is 1.84. The molecule has 0 atom stereocenters. The predicted molar refractivity (Wildman–Crippen MR) is 110 cm³/mol. The van der Waals surface area contributed by atoms with E-state index in [4.69, 9.17) is 0 Å². The van der Waals surface area contributed by atoms with Gasteiger partial charge in [0.25, 0.3) is 0 Å². The zero-order chi connectivity index (χ0) is 18.2. The molecule has 3 heteroatoms. The number of hydrogen-bond donors (Lipinski definition) is 0. The van der Waals surface area contributed by atoms with Gasteiger partial charge in [-0.3, -0.25) is 4.57 Å². The summed E-state index contributed by atoms with van der Waals surface area (Å²) < 4.78 is 4.70. The van der Waals surface area contributed by atoms with Crippen LogP contribution in [0.15, 0.2) is 79.1 Å². The highest BCUT2D eigenvalue weighted by molar-refractivity contribution is 6.11. The van der Waals surface area contributed by atoms with Crippen LogP contribution in [0.1, 0.15) is 25.1 Å². The molecule has 0 saturated heterocycles. The smallest absolute Gasteiger partial charge is 0.137 e. The largest absolute Gasteiger partial charge is 0.317 e. The van der Waals surface area contributed by atoms with E-state index < -0.39 is 0 Å². The van der Waals surface area contributed by atoms with Gasteiger partial charge in [-0.1, -0.05) is 56.3 Å². The van der Waals surface area contributed by atoms with Crippen LogP contribution in [0.2, 0.25) is 0 Å². The summed E-state index contributed by atoms with van der Waals surface area (Å²) in [6.07, 6.45) is 4.17. The van der Waals surface area contributed by atoms with E-state index in [1.807, 2.05) is 12.3 Å². The third kappa shape index (κ3) is 1.74. The van der Waals surface area contributed by atoms with Crippen LogP contribution < -0.4 is 0 Å². The molecular formula is C24H19N3. The van der Waals surface area contributed by atoms with E-state index in [9.17, 15) is 0 Å². The Morgan fingerprint density at radius 3 is 2.44 bits per heavy atom. The minimum Gasteiger partial charge on any atom is -0.317 e. The maximum Gasteiger partial charge on any atom is 0.137 e. The molecule has 0 bridgehead atoms. The zero-order valence-corrected chi connectivity index (χ0v) is 15.3. The van der Waals surface area contributed by atoms with Gasteiger partial charge in [0, 0.05) is 34.3 Å². The molecule has 0 aliphatic carbocycles. The van der Waals surface area contributed by atoms with Crippen molar-refractivity contribution in [3.05, 3.63) is 90.4 Å². The van der Waals surface area contributed by atoms with Crippen molar-refractivity contribution in [3.8, 4) is 11.5 Å². The lowest BCUT2D eigenvalue weighted by Crippen LogP contribution is -2.16. The standard InChI is InChI=1S/C24H19N3/c1-24(2)18-10-4-6-12-20(18)26-15-17-16-9-3-5-11-19(16)27(22(17)23(24)26)21-13-7-8-14-25-21/h3-15H,1-2H3. The van der Waals surface area contributed by atoms with Crippen molar-refractivity contribution < 1.29 is 0 Å². The highest BCUT2D eigenvalue weighted by Crippen LogP contribution is 2.48. The van der Waals surface area contributed by atoms with Gasteiger partial charge >= 0.3 is 0 Å². The van der Waals surface area contributed by atoms with Gasteiger partial charge in [-0.15, -0.1) is 0 Å². The van der Waals surface area contributed by atoms with Gasteiger partial charge in [0.1, 0.15) is 5.82 Å². The van der Waals surface area contributed by atoms with Crippen LogP contribution in [0.3, 0.4) is 0 Å². The molecule has 0 amide bonds. The van der Waals surface area contributed by atoms with Crippen molar-refractivity contribution in [2.45, 2.75) is 19.3 Å². The molecule has 130 valence electrons. The molecule has 27 heavy (non-hydrogen) atoms. The average molecular weight is 349 g/mol. The van der Waals surface area contributed by atoms with Gasteiger partial charge < -0.3 is 4.57 Å². The molecule has 5 aromatic rings. The summed E-state index contributed by atoms with van der Waals surface area (Å²) >= 11 is 0. The Hall–Kier alpha value is -3.33. The van der Waals surface area contributed by atoms with Crippen molar-refractivity contribution in [3.63, 3.8) is 0 Å². The molecule has 0 radical (unpaired) electrons. The first-order valence-electron chi connectivity index (χ1n) is 9.34. The molecule has 1 aliphatic heterocycles. The molecule has 0 N–H and O–H groups in total. The minimum atomic E-state index is -0.0702. The average Bonchev–Trinajstić information content (AvgIpc) is 3.30. The number of fused-ring (bicyclic) bond motifs is 7. The monoisotopic (exact) mass is 349 g/mol. The number of hydrogen-bond acceptors (Lipinski definition) is 1. The highest BCUT2D eigenvalue weighted by Gasteiger charge is 2.39. The molecule has 2 aromatic carbocycles. The van der Waals surface area contributed by atoms with Crippen molar-refractivity contribution in [2.75, 3.05) is 0 Å². The van der Waals surface area contributed by atoms with Gasteiger partial charge in [0.2, 0.25) is 0 Å². The van der Waals surface area contributed by atoms with Gasteiger partial charge in [0.05, 0.1) is 16.7 Å². The van der Waals surface area contributed by atoms with Crippen LogP contribution in [-0.4, -0.2) is 14.1 Å². The van der Waals surface area contributed by atoms with Crippen LogP contribution in [0.4, 0.5) is 0 Å². The Morgan fingerprint density at radius 2 is 1.59 bits per heavy atom. The van der Waals surface area contributed by atoms with E-state index in [1.54, 1.807) is 0 Å². The quantitative estimate of drug-likeness (QED) is 0.386. The lowest BCUT2D eigenvalue weighted by Gasteiger charge is -2.20. The summed E-state index contributed by atoms with van der Waals surface area (Å²) in [5, 5.41) is 2.56. The zero-order valence-electron chi connectivity index (χ0n) is 15.3. The third-order valence-electron chi connectivity index (χ3n) is 5.94. The third-order valence-corrected chi connectivity index (χ3v) is 5.94. The topological polar surface area (TPSA) is 22.8 Å². The second-order valence-electron chi connectivity index (χ2n) is 7.79. The fraction of sp³-hybridized carbons (Fsp3) is 0.125. The van der Waals surface area contributed by atoms with E-state index in [0.29, 0.717) is 0 Å². The number of benzene rings is 2. The lowest BCUT2D eigenvalue weighted by atomic mass is 9.83. The van der Waals surface area contributed by atoms with Crippen molar-refractivity contribution in [1.82, 2.24) is 14.1 Å². The second kappa shape index (κ2) is 4.89. The summed E-state index contributed by atoms with van der Waals surface area (Å²) in [7, 11) is 0. The van der Waals surface area contributed by atoms with Crippen LogP contribution in [-0.2, 0) is 5.41 Å². The molecule has 0 spiro atoms. The minimum absolute atomic E-state index is 0.0702. The highest BCUT2D eigenvalue weighted by atomic mass is 15.1. The summed E-state index contributed by atoms with van der Waals surface area (Å²) in [5.41, 5.74) is 6.39. The Labute approximate surface area is 157 Å². The van der Waals surface area contributed by atoms with E-state index in [-0.39, 0.29) is 5.41 Å². The molecule has 0 fully saturated rings. The van der Waals surface area contributed by atoms with Gasteiger partial charge in [-0.2, -0.15) is 0 Å². The molecule has 6 rings (SSSR count). The van der Waals surface area contributed by atoms with Crippen molar-refractivity contribution in [2.24, 2.45) is 0 Å². The van der Waals surface area contributed by atoms with Crippen LogP contribution >= 0.6 is 0 Å². The fourth-order valence-corrected chi connectivity index (χ4v) is 4.79. The number of pyridine rings is 1. The first-order chi connectivity index (χ1) is 13.2. The Bertz CT molecular complexity index is 1340. The van der Waals surface area contributed by atoms with Gasteiger partial charge in [-0.25, -0.2) is 4.98 Å². The summed E-state index contributed by atoms with van der Waals surface area (Å²) in [5.74, 6) is 0.962. The van der Waals surface area contributed by atoms with E-state index in [1.165, 1.54) is 38.8 Å². The number of rotatable bonds is 1. The van der Waals surface area contributed by atoms with E-state index in [2.05, 4.69) is 94.8 Å². The normalized spacial score (nSPS) is 14.6. The maximum atomic E-state index is 4.68. The number of nitrogens with zero attached hydrogens (tertiary/aromatic N) is 3. The Morgan fingerprint density at radius 1 is 0.815 bits per heavy atom. The summed E-state index contributed by atoms with van der Waals surface area (Å²) in [6.45, 7) is 4.65. The summed E-state index contributed by atoms with van der Waals surface area (Å²) in [4.78, 5) is 4.68. The molecule has 0 unspecified atom stereocenters. The molecule has 3 aromatic heterocycles. The lowest BCUT2D eigenvalue weighted by molar-refractivity contribution is 0.646. The number of para-hydroxylation sites is 2. The first-order valence-corrected chi connectivity index (χ1v) is 9.34. The van der Waals surface area contributed by atoms with Gasteiger partial charge in [0.15, 0.2) is 0 Å². The molecule has 4 heterocycles. The van der Waals surface area contributed by atoms with Crippen LogP contribution in [0.5, 0.6) is 0 Å². The maximum absolute atomic E-state index is 4.68.